The summed E-state index contributed by atoms with van der Waals surface area (Å²) in [5.41, 5.74) is 0.239. The molecular weight excluding hydrogens is 330 g/mol. The number of rotatable bonds is 5. The first-order valence-electron chi connectivity index (χ1n) is 6.28. The Bertz CT molecular complexity index is 848. The third kappa shape index (κ3) is 3.97. The van der Waals surface area contributed by atoms with Crippen molar-refractivity contribution in [3.8, 4) is 11.5 Å². The molecule has 0 aliphatic carbocycles. The number of hydrogen-bond donors (Lipinski definition) is 1. The molecule has 0 aliphatic heterocycles. The second-order valence-electron chi connectivity index (χ2n) is 4.26. The first-order chi connectivity index (χ1) is 10.9. The lowest BCUT2D eigenvalue weighted by atomic mass is 10.2. The van der Waals surface area contributed by atoms with Gasteiger partial charge in [-0.05, 0) is 42.9 Å². The summed E-state index contributed by atoms with van der Waals surface area (Å²) in [6.45, 7) is -1.45. The van der Waals surface area contributed by atoms with Crippen molar-refractivity contribution in [2.75, 3.05) is 7.11 Å². The molecule has 23 heavy (non-hydrogen) atoms. The van der Waals surface area contributed by atoms with Crippen LogP contribution in [0.1, 0.15) is 11.3 Å². The minimum absolute atomic E-state index is 0.0291. The van der Waals surface area contributed by atoms with Crippen LogP contribution < -0.4 is 15.0 Å². The molecule has 0 fully saturated rings. The molecule has 0 atom stereocenters. The highest BCUT2D eigenvalue weighted by Gasteiger charge is 2.10. The van der Waals surface area contributed by atoms with Crippen molar-refractivity contribution in [1.82, 2.24) is 14.9 Å². The van der Waals surface area contributed by atoms with E-state index in [1.807, 2.05) is 0 Å². The molecule has 0 spiro atoms. The number of hydrogen-bond acceptors (Lipinski definition) is 6. The van der Waals surface area contributed by atoms with E-state index in [0.29, 0.717) is 5.56 Å². The van der Waals surface area contributed by atoms with Gasteiger partial charge in [0.25, 0.3) is 5.56 Å². The predicted molar refractivity (Wildman–Crippen MR) is 81.0 cm³/mol. The summed E-state index contributed by atoms with van der Waals surface area (Å²) in [6.07, 6.45) is 1.33. The number of aromatic amines is 1. The first-order valence-corrected chi connectivity index (χ1v) is 6.68. The van der Waals surface area contributed by atoms with E-state index in [1.54, 1.807) is 0 Å². The van der Waals surface area contributed by atoms with Crippen LogP contribution in [0.25, 0.3) is 0 Å². The molecule has 122 valence electrons. The van der Waals surface area contributed by atoms with Crippen molar-refractivity contribution >= 4 is 18.4 Å². The normalized spacial score (nSPS) is 11.2. The van der Waals surface area contributed by atoms with Gasteiger partial charge in [0.05, 0.1) is 13.3 Å². The van der Waals surface area contributed by atoms with Crippen molar-refractivity contribution in [1.29, 1.82) is 0 Å². The largest absolute Gasteiger partial charge is 0.493 e. The highest BCUT2D eigenvalue weighted by atomic mass is 32.1. The molecule has 1 N–H and O–H groups in total. The van der Waals surface area contributed by atoms with Gasteiger partial charge in [-0.3, -0.25) is 9.89 Å². The highest BCUT2D eigenvalue weighted by Crippen LogP contribution is 2.28. The van der Waals surface area contributed by atoms with Crippen molar-refractivity contribution < 1.29 is 18.3 Å². The van der Waals surface area contributed by atoms with Gasteiger partial charge < -0.3 is 9.47 Å². The maximum absolute atomic E-state index is 12.3. The Morgan fingerprint density at radius 3 is 2.83 bits per heavy atom. The summed E-state index contributed by atoms with van der Waals surface area (Å²) < 4.78 is 34.8. The third-order valence-electron chi connectivity index (χ3n) is 2.74. The molecule has 0 unspecified atom stereocenters. The van der Waals surface area contributed by atoms with Gasteiger partial charge >= 0.3 is 6.61 Å². The summed E-state index contributed by atoms with van der Waals surface area (Å²) in [4.78, 5) is 11.9. The van der Waals surface area contributed by atoms with Gasteiger partial charge in [-0.2, -0.15) is 23.7 Å². The van der Waals surface area contributed by atoms with Gasteiger partial charge in [-0.15, -0.1) is 0 Å². The summed E-state index contributed by atoms with van der Waals surface area (Å²) in [7, 11) is 1.32. The Kier molecular flexibility index (Phi) is 5.16. The molecule has 0 saturated heterocycles. The second-order valence-corrected chi connectivity index (χ2v) is 4.65. The zero-order valence-corrected chi connectivity index (χ0v) is 12.9. The standard InChI is InChI=1S/C13H12F2N4O3S/c1-7-11(20)19(13(23)18-17-7)16-6-8-3-4-9(22-12(14)15)10(5-8)21-2/h3-6,12H,1-2H3,(H,18,23)/b16-6-. The minimum Gasteiger partial charge on any atom is -0.493 e. The van der Waals surface area contributed by atoms with Crippen molar-refractivity contribution in [3.63, 3.8) is 0 Å². The molecule has 1 aromatic carbocycles. The maximum atomic E-state index is 12.3. The summed E-state index contributed by atoms with van der Waals surface area (Å²) in [5.74, 6) is 0.00605. The van der Waals surface area contributed by atoms with E-state index < -0.39 is 12.2 Å². The lowest BCUT2D eigenvalue weighted by Crippen LogP contribution is -2.22. The van der Waals surface area contributed by atoms with Crippen molar-refractivity contribution in [2.45, 2.75) is 13.5 Å². The molecule has 10 heteroatoms. The van der Waals surface area contributed by atoms with Crippen LogP contribution in [0, 0.1) is 11.7 Å². The average molecular weight is 342 g/mol. The number of nitrogens with zero attached hydrogens (tertiary/aromatic N) is 3. The van der Waals surface area contributed by atoms with Crippen LogP contribution in [-0.2, 0) is 0 Å². The van der Waals surface area contributed by atoms with E-state index in [-0.39, 0.29) is 22.0 Å². The van der Waals surface area contributed by atoms with Gasteiger partial charge in [-0.1, -0.05) is 0 Å². The first kappa shape index (κ1) is 16.7. The van der Waals surface area contributed by atoms with Gasteiger partial charge in [0.2, 0.25) is 4.77 Å². The van der Waals surface area contributed by atoms with E-state index in [9.17, 15) is 13.6 Å². The Morgan fingerprint density at radius 1 is 1.43 bits per heavy atom. The number of alkyl halides is 2. The van der Waals surface area contributed by atoms with Crippen LogP contribution in [0.15, 0.2) is 28.1 Å². The SMILES string of the molecule is COc1cc(/C=N\n2c(=S)[nH]nc(C)c2=O)ccc1OC(F)F. The third-order valence-corrected chi connectivity index (χ3v) is 3.00. The predicted octanol–water partition coefficient (Wildman–Crippen LogP) is 2.10. The van der Waals surface area contributed by atoms with Crippen LogP contribution in [0.4, 0.5) is 8.78 Å². The molecule has 0 aliphatic rings. The number of aromatic nitrogens is 3. The lowest BCUT2D eigenvalue weighted by molar-refractivity contribution is -0.0512. The number of ether oxygens (including phenoxy) is 2. The molecule has 0 amide bonds. The maximum Gasteiger partial charge on any atom is 0.387 e. The monoisotopic (exact) mass is 342 g/mol. The van der Waals surface area contributed by atoms with Crippen LogP contribution >= 0.6 is 12.2 Å². The van der Waals surface area contributed by atoms with Gasteiger partial charge in [0, 0.05) is 0 Å². The molecule has 0 saturated carbocycles. The van der Waals surface area contributed by atoms with Crippen molar-refractivity contribution in [2.24, 2.45) is 5.10 Å². The van der Waals surface area contributed by atoms with Gasteiger partial charge in [0.15, 0.2) is 11.5 Å². The second kappa shape index (κ2) is 7.09. The molecule has 1 heterocycles. The Hall–Kier alpha value is -2.62. The smallest absolute Gasteiger partial charge is 0.387 e. The number of nitrogens with one attached hydrogen (secondary N) is 1. The topological polar surface area (TPSA) is 81.5 Å². The number of methoxy groups -OCH3 is 1. The number of aryl methyl sites for hydroxylation is 1. The zero-order valence-electron chi connectivity index (χ0n) is 12.1. The molecule has 0 radical (unpaired) electrons. The fourth-order valence-corrected chi connectivity index (χ4v) is 1.84. The molecule has 2 aromatic rings. The van der Waals surface area contributed by atoms with Crippen LogP contribution in [-0.4, -0.2) is 34.8 Å². The van der Waals surface area contributed by atoms with Crippen LogP contribution in [0.3, 0.4) is 0 Å². The summed E-state index contributed by atoms with van der Waals surface area (Å²) >= 11 is 4.93. The van der Waals surface area contributed by atoms with E-state index in [1.165, 1.54) is 38.4 Å². The molecule has 1 aromatic heterocycles. The van der Waals surface area contributed by atoms with Crippen molar-refractivity contribution in [3.05, 3.63) is 44.6 Å². The Balaban J connectivity index is 2.36. The van der Waals surface area contributed by atoms with Gasteiger partial charge in [0.1, 0.15) is 5.69 Å². The lowest BCUT2D eigenvalue weighted by Gasteiger charge is -2.10. The van der Waals surface area contributed by atoms with Crippen LogP contribution in [0.5, 0.6) is 11.5 Å². The Morgan fingerprint density at radius 2 is 2.17 bits per heavy atom. The Labute approximate surface area is 134 Å². The highest BCUT2D eigenvalue weighted by molar-refractivity contribution is 7.71. The quantitative estimate of drug-likeness (QED) is 0.665. The summed E-state index contributed by atoms with van der Waals surface area (Å²) in [5, 5.41) is 10.2. The fourth-order valence-electron chi connectivity index (χ4n) is 1.66. The van der Waals surface area contributed by atoms with E-state index in [0.717, 1.165) is 4.68 Å². The zero-order chi connectivity index (χ0) is 17.0. The summed E-state index contributed by atoms with van der Waals surface area (Å²) in [6, 6.07) is 4.23. The van der Waals surface area contributed by atoms with E-state index >= 15 is 0 Å². The minimum atomic E-state index is -2.96. The number of H-pyrrole nitrogens is 1. The van der Waals surface area contributed by atoms with E-state index in [4.69, 9.17) is 17.0 Å². The van der Waals surface area contributed by atoms with E-state index in [2.05, 4.69) is 20.0 Å². The van der Waals surface area contributed by atoms with Gasteiger partial charge in [-0.25, -0.2) is 0 Å². The molecule has 2 rings (SSSR count). The number of benzene rings is 1. The average Bonchev–Trinajstić information content (AvgIpc) is 2.51. The molecular formula is C13H12F2N4O3S. The number of halogens is 2. The van der Waals surface area contributed by atoms with Crippen LogP contribution in [0.2, 0.25) is 0 Å². The molecule has 0 bridgehead atoms. The fraction of sp³-hybridized carbons (Fsp3) is 0.231. The molecule has 7 nitrogen and oxygen atoms in total.